The molecular weight excluding hydrogens is 246 g/mol. The lowest BCUT2D eigenvalue weighted by molar-refractivity contribution is -0.144. The largest absolute Gasteiger partial charge is 0.480 e. The lowest BCUT2D eigenvalue weighted by atomic mass is 9.94. The second-order valence-electron chi connectivity index (χ2n) is 4.57. The van der Waals surface area contributed by atoms with E-state index in [0.29, 0.717) is 25.4 Å². The minimum atomic E-state index is -0.825. The minimum Gasteiger partial charge on any atom is -0.480 e. The molecule has 0 spiro atoms. The van der Waals surface area contributed by atoms with Gasteiger partial charge in [0.1, 0.15) is 6.04 Å². The highest BCUT2D eigenvalue weighted by atomic mass is 16.5. The summed E-state index contributed by atoms with van der Waals surface area (Å²) in [6.45, 7) is 0.931. The van der Waals surface area contributed by atoms with Crippen LogP contribution in [0.2, 0.25) is 0 Å². The van der Waals surface area contributed by atoms with Crippen molar-refractivity contribution in [1.29, 1.82) is 0 Å². The van der Waals surface area contributed by atoms with E-state index < -0.39 is 12.0 Å². The fraction of sp³-hybridized carbons (Fsp3) is 0.308. The summed E-state index contributed by atoms with van der Waals surface area (Å²) in [7, 11) is 0. The molecule has 1 aromatic carbocycles. The van der Waals surface area contributed by atoms with Crippen LogP contribution in [0.5, 0.6) is 0 Å². The Balaban J connectivity index is 1.87. The van der Waals surface area contributed by atoms with Crippen LogP contribution in [-0.2, 0) is 24.3 Å². The minimum absolute atomic E-state index is 0.352. The molecule has 0 aliphatic carbocycles. The van der Waals surface area contributed by atoms with Gasteiger partial charge >= 0.3 is 5.97 Å². The normalized spacial score (nSPS) is 19.1. The molecule has 6 nitrogen and oxygen atoms in total. The standard InChI is InChI=1S/C13H13N3O3/c17-13(18)11-5-9-3-1-2-4-10(9)6-16(11)7-12-14-8-15-19-12/h1-4,8,11H,5-7H2,(H,17,18)/t11-/m0/s1. The molecule has 0 unspecified atom stereocenters. The first-order chi connectivity index (χ1) is 9.24. The fourth-order valence-electron chi connectivity index (χ4n) is 2.43. The van der Waals surface area contributed by atoms with Crippen molar-refractivity contribution in [2.24, 2.45) is 0 Å². The third-order valence-corrected chi connectivity index (χ3v) is 3.38. The number of hydrogen-bond acceptors (Lipinski definition) is 5. The van der Waals surface area contributed by atoms with Crippen LogP contribution in [0.4, 0.5) is 0 Å². The van der Waals surface area contributed by atoms with Gasteiger partial charge < -0.3 is 9.63 Å². The molecule has 0 saturated carbocycles. The van der Waals surface area contributed by atoms with Crippen molar-refractivity contribution >= 4 is 5.97 Å². The average Bonchev–Trinajstić information content (AvgIpc) is 2.90. The number of carboxylic acids is 1. The van der Waals surface area contributed by atoms with E-state index in [1.54, 1.807) is 0 Å². The number of nitrogens with zero attached hydrogens (tertiary/aromatic N) is 3. The Hall–Kier alpha value is -2.21. The van der Waals surface area contributed by atoms with E-state index in [9.17, 15) is 9.90 Å². The summed E-state index contributed by atoms with van der Waals surface area (Å²) in [5.41, 5.74) is 2.25. The quantitative estimate of drug-likeness (QED) is 0.888. The Bertz CT molecular complexity index is 583. The first-order valence-corrected chi connectivity index (χ1v) is 6.03. The van der Waals surface area contributed by atoms with Crippen LogP contribution in [0.25, 0.3) is 0 Å². The molecule has 1 atom stereocenters. The Morgan fingerprint density at radius 2 is 2.21 bits per heavy atom. The van der Waals surface area contributed by atoms with Crippen LogP contribution < -0.4 is 0 Å². The van der Waals surface area contributed by atoms with Gasteiger partial charge in [-0.2, -0.15) is 4.98 Å². The first kappa shape index (κ1) is 11.9. The van der Waals surface area contributed by atoms with Crippen molar-refractivity contribution in [3.8, 4) is 0 Å². The highest BCUT2D eigenvalue weighted by Gasteiger charge is 2.32. The van der Waals surface area contributed by atoms with Crippen LogP contribution >= 0.6 is 0 Å². The highest BCUT2D eigenvalue weighted by molar-refractivity contribution is 5.74. The molecule has 2 heterocycles. The number of carboxylic acid groups (broad SMARTS) is 1. The van der Waals surface area contributed by atoms with E-state index in [1.807, 2.05) is 29.2 Å². The molecule has 0 bridgehead atoms. The van der Waals surface area contributed by atoms with E-state index >= 15 is 0 Å². The van der Waals surface area contributed by atoms with Crippen molar-refractivity contribution in [3.05, 3.63) is 47.6 Å². The fourth-order valence-corrected chi connectivity index (χ4v) is 2.43. The molecule has 1 N–H and O–H groups in total. The molecule has 6 heteroatoms. The molecule has 2 aromatic rings. The van der Waals surface area contributed by atoms with Crippen molar-refractivity contribution < 1.29 is 14.4 Å². The summed E-state index contributed by atoms with van der Waals surface area (Å²) < 4.78 is 4.96. The zero-order valence-electron chi connectivity index (χ0n) is 10.2. The second-order valence-corrected chi connectivity index (χ2v) is 4.57. The van der Waals surface area contributed by atoms with Crippen LogP contribution in [0.1, 0.15) is 17.0 Å². The number of aliphatic carboxylic acids is 1. The highest BCUT2D eigenvalue weighted by Crippen LogP contribution is 2.24. The number of benzene rings is 1. The third-order valence-electron chi connectivity index (χ3n) is 3.38. The predicted octanol–water partition coefficient (Wildman–Crippen LogP) is 1.08. The van der Waals surface area contributed by atoms with Gasteiger partial charge in [-0.15, -0.1) is 0 Å². The van der Waals surface area contributed by atoms with Gasteiger partial charge in [-0.25, -0.2) is 0 Å². The van der Waals surface area contributed by atoms with Gasteiger partial charge in [0.2, 0.25) is 5.89 Å². The van der Waals surface area contributed by atoms with E-state index in [4.69, 9.17) is 4.52 Å². The molecule has 1 aliphatic heterocycles. The maximum absolute atomic E-state index is 11.4. The smallest absolute Gasteiger partial charge is 0.321 e. The van der Waals surface area contributed by atoms with Gasteiger partial charge in [-0.05, 0) is 17.5 Å². The zero-order chi connectivity index (χ0) is 13.2. The molecule has 1 aliphatic rings. The average molecular weight is 259 g/mol. The van der Waals surface area contributed by atoms with Crippen molar-refractivity contribution in [1.82, 2.24) is 15.0 Å². The van der Waals surface area contributed by atoms with Gasteiger partial charge in [0.15, 0.2) is 6.33 Å². The molecule has 0 radical (unpaired) electrons. The Morgan fingerprint density at radius 1 is 1.42 bits per heavy atom. The number of carbonyl (C=O) groups is 1. The molecule has 3 rings (SSSR count). The maximum atomic E-state index is 11.4. The van der Waals surface area contributed by atoms with Crippen LogP contribution in [-0.4, -0.2) is 32.2 Å². The number of rotatable bonds is 3. The molecule has 0 fully saturated rings. The first-order valence-electron chi connectivity index (χ1n) is 6.03. The monoisotopic (exact) mass is 259 g/mol. The van der Waals surface area contributed by atoms with E-state index in [-0.39, 0.29) is 0 Å². The number of fused-ring (bicyclic) bond motifs is 1. The van der Waals surface area contributed by atoms with Crippen molar-refractivity contribution in [2.45, 2.75) is 25.6 Å². The van der Waals surface area contributed by atoms with Gasteiger partial charge in [0.25, 0.3) is 0 Å². The van der Waals surface area contributed by atoms with E-state index in [1.165, 1.54) is 6.33 Å². The molecule has 1 aromatic heterocycles. The maximum Gasteiger partial charge on any atom is 0.321 e. The molecular formula is C13H13N3O3. The predicted molar refractivity (Wildman–Crippen MR) is 65.1 cm³/mol. The van der Waals surface area contributed by atoms with Crippen LogP contribution in [0, 0.1) is 0 Å². The Kier molecular flexibility index (Phi) is 3.00. The summed E-state index contributed by atoms with van der Waals surface area (Å²) in [6, 6.07) is 7.35. The van der Waals surface area contributed by atoms with Gasteiger partial charge in [0.05, 0.1) is 6.54 Å². The molecule has 19 heavy (non-hydrogen) atoms. The van der Waals surface area contributed by atoms with E-state index in [2.05, 4.69) is 10.1 Å². The summed E-state index contributed by atoms with van der Waals surface area (Å²) in [4.78, 5) is 17.2. The topological polar surface area (TPSA) is 79.5 Å². The SMILES string of the molecule is O=C(O)[C@@H]1Cc2ccccc2CN1Cc1ncno1. The number of aromatic nitrogens is 2. The summed E-state index contributed by atoms with van der Waals surface area (Å²) in [6.07, 6.45) is 1.82. The molecule has 98 valence electrons. The summed E-state index contributed by atoms with van der Waals surface area (Å²) in [5, 5.41) is 12.9. The second kappa shape index (κ2) is 4.81. The lowest BCUT2D eigenvalue weighted by Gasteiger charge is -2.33. The summed E-state index contributed by atoms with van der Waals surface area (Å²) >= 11 is 0. The van der Waals surface area contributed by atoms with Crippen molar-refractivity contribution in [3.63, 3.8) is 0 Å². The molecule has 0 saturated heterocycles. The zero-order valence-corrected chi connectivity index (χ0v) is 10.2. The Morgan fingerprint density at radius 3 is 2.89 bits per heavy atom. The van der Waals surface area contributed by atoms with Gasteiger partial charge in [-0.3, -0.25) is 9.69 Å². The van der Waals surface area contributed by atoms with Crippen LogP contribution in [0.3, 0.4) is 0 Å². The Labute approximate surface area is 109 Å². The lowest BCUT2D eigenvalue weighted by Crippen LogP contribution is -2.45. The molecule has 0 amide bonds. The number of hydrogen-bond donors (Lipinski definition) is 1. The summed E-state index contributed by atoms with van der Waals surface area (Å²) in [5.74, 6) is -0.389. The van der Waals surface area contributed by atoms with Crippen molar-refractivity contribution in [2.75, 3.05) is 0 Å². The van der Waals surface area contributed by atoms with Gasteiger partial charge in [-0.1, -0.05) is 29.4 Å². The third kappa shape index (κ3) is 2.34. The van der Waals surface area contributed by atoms with Crippen LogP contribution in [0.15, 0.2) is 35.1 Å². The van der Waals surface area contributed by atoms with Gasteiger partial charge in [0, 0.05) is 6.54 Å². The van der Waals surface area contributed by atoms with E-state index in [0.717, 1.165) is 11.1 Å².